The molecule has 1 heterocycles. The number of esters is 1. The van der Waals surface area contributed by atoms with E-state index in [4.69, 9.17) is 4.74 Å². The normalized spacial score (nSPS) is 23.9. The Morgan fingerprint density at radius 3 is 2.09 bits per heavy atom. The maximum atomic E-state index is 11.2. The maximum absolute atomic E-state index is 11.2. The summed E-state index contributed by atoms with van der Waals surface area (Å²) in [5.41, 5.74) is 0.946. The van der Waals surface area contributed by atoms with Gasteiger partial charge in [-0.2, -0.15) is 0 Å². The van der Waals surface area contributed by atoms with Gasteiger partial charge in [0.1, 0.15) is 5.57 Å². The Hall–Kier alpha value is -1.12. The van der Waals surface area contributed by atoms with Crippen LogP contribution in [0.1, 0.15) is 20.8 Å². The molecular formula is C8H10O3. The minimum absolute atomic E-state index is 0.199. The Morgan fingerprint density at radius 1 is 1.36 bits per heavy atom. The number of hydrogen-bond acceptors (Lipinski definition) is 3. The Bertz CT molecular complexity index is 246. The topological polar surface area (TPSA) is 43.4 Å². The highest BCUT2D eigenvalue weighted by Gasteiger charge is 2.35. The van der Waals surface area contributed by atoms with Crippen LogP contribution in [-0.4, -0.2) is 17.9 Å². The second-order valence-corrected chi connectivity index (χ2v) is 2.79. The van der Waals surface area contributed by atoms with Gasteiger partial charge in [0.05, 0.1) is 0 Å². The zero-order chi connectivity index (χ0) is 8.59. The molecule has 0 bridgehead atoms. The highest BCUT2D eigenvalue weighted by molar-refractivity contribution is 6.23. The summed E-state index contributed by atoms with van der Waals surface area (Å²) in [5, 5.41) is 0. The number of allylic oxidation sites excluding steroid dienone is 1. The fourth-order valence-corrected chi connectivity index (χ4v) is 1.03. The number of carbonyl (C=O) groups is 2. The van der Waals surface area contributed by atoms with Crippen LogP contribution in [0.4, 0.5) is 0 Å². The average Bonchev–Trinajstić information content (AvgIpc) is 2.07. The van der Waals surface area contributed by atoms with Crippen molar-refractivity contribution in [3.05, 3.63) is 11.1 Å². The van der Waals surface area contributed by atoms with E-state index in [0.29, 0.717) is 0 Å². The lowest BCUT2D eigenvalue weighted by molar-refractivity contribution is -0.139. The van der Waals surface area contributed by atoms with Crippen LogP contribution in [-0.2, 0) is 14.3 Å². The molecule has 0 amide bonds. The Kier molecular flexibility index (Phi) is 1.81. The fraction of sp³-hybridized carbons (Fsp3) is 0.500. The Balaban J connectivity index is 3.09. The van der Waals surface area contributed by atoms with E-state index >= 15 is 0 Å². The number of Topliss-reactive ketones (excluding diaryl/α,β-unsaturated/α-hetero) is 1. The molecule has 0 spiro atoms. The van der Waals surface area contributed by atoms with Crippen LogP contribution in [0.25, 0.3) is 0 Å². The van der Waals surface area contributed by atoms with Gasteiger partial charge in [-0.25, -0.2) is 4.79 Å². The van der Waals surface area contributed by atoms with Crippen LogP contribution < -0.4 is 0 Å². The molecule has 1 aliphatic rings. The fourth-order valence-electron chi connectivity index (χ4n) is 1.03. The summed E-state index contributed by atoms with van der Waals surface area (Å²) in [6.07, 6.45) is -0.590. The molecule has 0 aliphatic carbocycles. The molecule has 1 rings (SSSR count). The van der Waals surface area contributed by atoms with Gasteiger partial charge < -0.3 is 4.74 Å². The van der Waals surface area contributed by atoms with Crippen molar-refractivity contribution >= 4 is 11.8 Å². The molecular weight excluding hydrogens is 144 g/mol. The molecule has 1 atom stereocenters. The van der Waals surface area contributed by atoms with Crippen molar-refractivity contribution in [3.8, 4) is 0 Å². The third kappa shape index (κ3) is 1.18. The summed E-state index contributed by atoms with van der Waals surface area (Å²) in [7, 11) is 0. The molecule has 0 aromatic rings. The smallest absolute Gasteiger partial charge is 0.342 e. The predicted molar refractivity (Wildman–Crippen MR) is 38.9 cm³/mol. The van der Waals surface area contributed by atoms with Crippen molar-refractivity contribution in [1.29, 1.82) is 0 Å². The molecule has 1 aliphatic heterocycles. The second kappa shape index (κ2) is 2.49. The van der Waals surface area contributed by atoms with Crippen LogP contribution in [0.15, 0.2) is 11.1 Å². The molecule has 0 saturated carbocycles. The van der Waals surface area contributed by atoms with Crippen molar-refractivity contribution in [2.45, 2.75) is 26.9 Å². The first-order valence-corrected chi connectivity index (χ1v) is 3.46. The molecule has 3 heteroatoms. The lowest BCUT2D eigenvalue weighted by atomic mass is 10.1. The lowest BCUT2D eigenvalue weighted by Gasteiger charge is -1.93. The van der Waals surface area contributed by atoms with E-state index in [0.717, 1.165) is 5.57 Å². The molecule has 0 aromatic heterocycles. The highest BCUT2D eigenvalue weighted by Crippen LogP contribution is 2.18. The number of hydrogen-bond donors (Lipinski definition) is 0. The molecule has 1 unspecified atom stereocenters. The Morgan fingerprint density at radius 2 is 1.91 bits per heavy atom. The van der Waals surface area contributed by atoms with Crippen molar-refractivity contribution in [2.75, 3.05) is 0 Å². The van der Waals surface area contributed by atoms with Gasteiger partial charge in [-0.1, -0.05) is 5.57 Å². The van der Waals surface area contributed by atoms with Crippen molar-refractivity contribution in [3.63, 3.8) is 0 Å². The van der Waals surface area contributed by atoms with Gasteiger partial charge in [0, 0.05) is 0 Å². The summed E-state index contributed by atoms with van der Waals surface area (Å²) in [6, 6.07) is 0. The highest BCUT2D eigenvalue weighted by atomic mass is 16.6. The first-order valence-electron chi connectivity index (χ1n) is 3.46. The van der Waals surface area contributed by atoms with E-state index < -0.39 is 12.1 Å². The van der Waals surface area contributed by atoms with Crippen LogP contribution in [0, 0.1) is 0 Å². The SMILES string of the molecule is CC(C)=C1C(=O)OC(C)C1=O. The van der Waals surface area contributed by atoms with E-state index in [1.165, 1.54) is 0 Å². The predicted octanol–water partition coefficient (Wildman–Crippen LogP) is 0.837. The summed E-state index contributed by atoms with van der Waals surface area (Å²) < 4.78 is 4.70. The standard InChI is InChI=1S/C8H10O3/c1-4(2)6-7(9)5(3)11-8(6)10/h5H,1-3H3. The minimum atomic E-state index is -0.590. The van der Waals surface area contributed by atoms with Crippen molar-refractivity contribution < 1.29 is 14.3 Å². The van der Waals surface area contributed by atoms with Gasteiger partial charge >= 0.3 is 5.97 Å². The first kappa shape index (κ1) is 7.98. The Labute approximate surface area is 65.0 Å². The average molecular weight is 154 g/mol. The molecule has 0 N–H and O–H groups in total. The zero-order valence-electron chi connectivity index (χ0n) is 6.80. The van der Waals surface area contributed by atoms with Gasteiger partial charge in [-0.3, -0.25) is 4.79 Å². The van der Waals surface area contributed by atoms with Crippen LogP contribution in [0.2, 0.25) is 0 Å². The summed E-state index contributed by atoms with van der Waals surface area (Å²) in [5.74, 6) is -0.683. The van der Waals surface area contributed by atoms with E-state index in [9.17, 15) is 9.59 Å². The van der Waals surface area contributed by atoms with Gasteiger partial charge in [-0.15, -0.1) is 0 Å². The monoisotopic (exact) mass is 154 g/mol. The van der Waals surface area contributed by atoms with Crippen LogP contribution >= 0.6 is 0 Å². The third-order valence-electron chi connectivity index (χ3n) is 1.60. The molecule has 0 aromatic carbocycles. The lowest BCUT2D eigenvalue weighted by Crippen LogP contribution is -2.10. The zero-order valence-corrected chi connectivity index (χ0v) is 6.80. The van der Waals surface area contributed by atoms with Crippen LogP contribution in [0.5, 0.6) is 0 Å². The van der Waals surface area contributed by atoms with Gasteiger partial charge in [0.15, 0.2) is 6.10 Å². The quantitative estimate of drug-likeness (QED) is 0.295. The molecule has 1 fully saturated rings. The number of ketones is 1. The summed E-state index contributed by atoms with van der Waals surface area (Å²) in [6.45, 7) is 5.04. The van der Waals surface area contributed by atoms with E-state index in [-0.39, 0.29) is 11.4 Å². The first-order chi connectivity index (χ1) is 5.04. The molecule has 0 radical (unpaired) electrons. The number of carbonyl (C=O) groups excluding carboxylic acids is 2. The van der Waals surface area contributed by atoms with Crippen molar-refractivity contribution in [2.24, 2.45) is 0 Å². The maximum Gasteiger partial charge on any atom is 0.342 e. The minimum Gasteiger partial charge on any atom is -0.451 e. The van der Waals surface area contributed by atoms with Gasteiger partial charge in [0.25, 0.3) is 0 Å². The molecule has 1 saturated heterocycles. The van der Waals surface area contributed by atoms with E-state index in [2.05, 4.69) is 0 Å². The number of rotatable bonds is 0. The van der Waals surface area contributed by atoms with Gasteiger partial charge in [0.2, 0.25) is 5.78 Å². The van der Waals surface area contributed by atoms with E-state index in [1.54, 1.807) is 20.8 Å². The van der Waals surface area contributed by atoms with Crippen molar-refractivity contribution in [1.82, 2.24) is 0 Å². The molecule has 11 heavy (non-hydrogen) atoms. The third-order valence-corrected chi connectivity index (χ3v) is 1.60. The largest absolute Gasteiger partial charge is 0.451 e. The van der Waals surface area contributed by atoms with Crippen LogP contribution in [0.3, 0.4) is 0 Å². The van der Waals surface area contributed by atoms with Gasteiger partial charge in [-0.05, 0) is 20.8 Å². The molecule has 60 valence electrons. The second-order valence-electron chi connectivity index (χ2n) is 2.79. The number of cyclic esters (lactones) is 1. The number of ether oxygens (including phenoxy) is 1. The molecule has 3 nitrogen and oxygen atoms in total. The summed E-state index contributed by atoms with van der Waals surface area (Å²) in [4.78, 5) is 22.1. The summed E-state index contributed by atoms with van der Waals surface area (Å²) >= 11 is 0. The van der Waals surface area contributed by atoms with E-state index in [1.807, 2.05) is 0 Å².